The largest absolute Gasteiger partial charge is 0.444 e. The van der Waals surface area contributed by atoms with Crippen LogP contribution < -0.4 is 10.1 Å². The Hall–Kier alpha value is -1.86. The molecule has 0 unspecified atom stereocenters. The number of alkyl carbamates (subject to hydrolysis) is 1. The van der Waals surface area contributed by atoms with Crippen molar-refractivity contribution < 1.29 is 23.5 Å². The van der Waals surface area contributed by atoms with Gasteiger partial charge < -0.3 is 19.2 Å². The molecule has 0 aliphatic heterocycles. The molecule has 1 aromatic carbocycles. The summed E-state index contributed by atoms with van der Waals surface area (Å²) in [6.07, 6.45) is 0.139. The molecule has 1 atom stereocenters. The van der Waals surface area contributed by atoms with Gasteiger partial charge in [-0.1, -0.05) is 40.7 Å². The third-order valence-corrected chi connectivity index (χ3v) is 11.0. The lowest BCUT2D eigenvalue weighted by atomic mass is 9.78. The number of nitrogens with one attached hydrogen (secondary N) is 1. The summed E-state index contributed by atoms with van der Waals surface area (Å²) >= 11 is 0. The van der Waals surface area contributed by atoms with Crippen LogP contribution in [0.3, 0.4) is 0 Å². The molecule has 0 bridgehead atoms. The van der Waals surface area contributed by atoms with Gasteiger partial charge in [-0.15, -0.1) is 0 Å². The van der Waals surface area contributed by atoms with E-state index in [1.54, 1.807) is 27.7 Å². The summed E-state index contributed by atoms with van der Waals surface area (Å²) in [7, 11) is -1.85. The van der Waals surface area contributed by atoms with Crippen LogP contribution in [0.5, 0.6) is 5.75 Å². The molecule has 0 aliphatic carbocycles. The number of hydrogen-bond acceptors (Lipinski definition) is 5. The van der Waals surface area contributed by atoms with Crippen LogP contribution in [0.25, 0.3) is 0 Å². The summed E-state index contributed by atoms with van der Waals surface area (Å²) in [6, 6.07) is 3.14. The van der Waals surface area contributed by atoms with Crippen LogP contribution in [0.2, 0.25) is 18.1 Å². The lowest BCUT2D eigenvalue weighted by Crippen LogP contribution is -2.43. The number of ether oxygens (including phenoxy) is 2. The Morgan fingerprint density at radius 3 is 2.06 bits per heavy atom. The molecular weight excluding hydrogens is 446 g/mol. The first-order chi connectivity index (χ1) is 15.2. The molecule has 7 heteroatoms. The van der Waals surface area contributed by atoms with Gasteiger partial charge in [0.1, 0.15) is 17.4 Å². The van der Waals surface area contributed by atoms with E-state index in [2.05, 4.69) is 59.1 Å². The highest BCUT2D eigenvalue weighted by atomic mass is 28.4. The van der Waals surface area contributed by atoms with Crippen molar-refractivity contribution >= 4 is 20.4 Å². The molecule has 1 amide bonds. The Balaban J connectivity index is 3.06. The Kier molecular flexibility index (Phi) is 9.60. The molecule has 6 nitrogen and oxygen atoms in total. The first-order valence-corrected chi connectivity index (χ1v) is 15.0. The third kappa shape index (κ3) is 8.73. The average Bonchev–Trinajstić information content (AvgIpc) is 2.57. The number of esters is 1. The summed E-state index contributed by atoms with van der Waals surface area (Å²) in [5.41, 5.74) is 2.12. The zero-order chi connectivity index (χ0) is 26.7. The summed E-state index contributed by atoms with van der Waals surface area (Å²) in [6.45, 7) is 27.1. The number of aryl methyl sites for hydroxylation is 2. The lowest BCUT2D eigenvalue weighted by Gasteiger charge is -2.37. The van der Waals surface area contributed by atoms with Gasteiger partial charge in [0, 0.05) is 12.2 Å². The molecule has 0 aromatic heterocycles. The zero-order valence-electron chi connectivity index (χ0n) is 23.7. The molecule has 34 heavy (non-hydrogen) atoms. The quantitative estimate of drug-likeness (QED) is 0.244. The van der Waals surface area contributed by atoms with Crippen molar-refractivity contribution in [2.75, 3.05) is 6.61 Å². The number of amides is 1. The second-order valence-corrected chi connectivity index (χ2v) is 17.3. The van der Waals surface area contributed by atoms with E-state index in [1.807, 2.05) is 19.9 Å². The fourth-order valence-corrected chi connectivity index (χ4v) is 4.56. The van der Waals surface area contributed by atoms with Gasteiger partial charge in [0.15, 0.2) is 8.32 Å². The van der Waals surface area contributed by atoms with Crippen LogP contribution >= 0.6 is 0 Å². The predicted molar refractivity (Wildman–Crippen MR) is 141 cm³/mol. The predicted octanol–water partition coefficient (Wildman–Crippen LogP) is 6.81. The molecule has 0 saturated heterocycles. The van der Waals surface area contributed by atoms with Gasteiger partial charge in [0.25, 0.3) is 0 Å². The van der Waals surface area contributed by atoms with E-state index < -0.39 is 32.0 Å². The van der Waals surface area contributed by atoms with Crippen molar-refractivity contribution in [1.82, 2.24) is 5.32 Å². The number of carbonyl (C=O) groups is 2. The third-order valence-electron chi connectivity index (χ3n) is 6.41. The smallest absolute Gasteiger partial charge is 0.408 e. The van der Waals surface area contributed by atoms with Crippen LogP contribution in [-0.4, -0.2) is 38.6 Å². The monoisotopic (exact) mass is 493 g/mol. The minimum absolute atomic E-state index is 0.148. The van der Waals surface area contributed by atoms with Crippen LogP contribution in [0.15, 0.2) is 12.1 Å². The first kappa shape index (κ1) is 30.2. The molecule has 0 saturated carbocycles. The highest BCUT2D eigenvalue weighted by Crippen LogP contribution is 2.40. The van der Waals surface area contributed by atoms with Gasteiger partial charge in [-0.2, -0.15) is 0 Å². The summed E-state index contributed by atoms with van der Waals surface area (Å²) in [5.74, 6) is -0.0110. The van der Waals surface area contributed by atoms with Crippen LogP contribution in [-0.2, 0) is 19.4 Å². The van der Waals surface area contributed by atoms with Gasteiger partial charge in [0.05, 0.1) is 0 Å². The fourth-order valence-electron chi connectivity index (χ4n) is 3.52. The minimum Gasteiger partial charge on any atom is -0.444 e. The molecule has 0 spiro atoms. The molecule has 0 aliphatic rings. The molecule has 0 radical (unpaired) electrons. The second-order valence-electron chi connectivity index (χ2n) is 12.5. The van der Waals surface area contributed by atoms with Crippen LogP contribution in [0.4, 0.5) is 4.79 Å². The van der Waals surface area contributed by atoms with Gasteiger partial charge in [-0.3, -0.25) is 0 Å². The molecule has 1 aromatic rings. The highest BCUT2D eigenvalue weighted by Gasteiger charge is 2.38. The van der Waals surface area contributed by atoms with Crippen molar-refractivity contribution in [3.63, 3.8) is 0 Å². The number of carbonyl (C=O) groups excluding carboxylic acids is 2. The highest BCUT2D eigenvalue weighted by molar-refractivity contribution is 6.74. The second kappa shape index (κ2) is 10.8. The number of hydrogen-bond donors (Lipinski definition) is 1. The minimum atomic E-state index is -1.85. The van der Waals surface area contributed by atoms with Crippen molar-refractivity contribution in [3.05, 3.63) is 28.8 Å². The molecular formula is C27H47NO5Si. The van der Waals surface area contributed by atoms with Crippen molar-refractivity contribution in [3.8, 4) is 5.75 Å². The molecule has 194 valence electrons. The fraction of sp³-hybridized carbons (Fsp3) is 0.704. The lowest BCUT2D eigenvalue weighted by molar-refractivity contribution is -0.136. The van der Waals surface area contributed by atoms with E-state index in [1.165, 1.54) is 0 Å². The van der Waals surface area contributed by atoms with E-state index in [4.69, 9.17) is 13.9 Å². The standard InChI is InChI=1S/C27H47NO5Si/c1-18-16-19(2)22(27(10,11)14-15-31-34(12,13)26(7,8)9)21(17-18)32-23(29)20(3)28-24(30)33-25(4,5)6/h16-17,20H,14-15H2,1-13H3,(H,28,30)/t20-/m0/s1. The van der Waals surface area contributed by atoms with Gasteiger partial charge in [-0.05, 0) is 88.7 Å². The van der Waals surface area contributed by atoms with Crippen molar-refractivity contribution in [1.29, 1.82) is 0 Å². The van der Waals surface area contributed by atoms with E-state index in [0.717, 1.165) is 23.1 Å². The number of rotatable bonds is 8. The Morgan fingerprint density at radius 2 is 1.56 bits per heavy atom. The van der Waals surface area contributed by atoms with Crippen molar-refractivity contribution in [2.45, 2.75) is 118 Å². The van der Waals surface area contributed by atoms with E-state index in [9.17, 15) is 9.59 Å². The van der Waals surface area contributed by atoms with Crippen LogP contribution in [0.1, 0.15) is 85.4 Å². The maximum atomic E-state index is 12.9. The SMILES string of the molecule is Cc1cc(C)c(C(C)(C)CCO[Si](C)(C)C(C)(C)C)c(OC(=O)[C@H](C)NC(=O)OC(C)(C)C)c1. The first-order valence-electron chi connectivity index (χ1n) is 12.1. The van der Waals surface area contributed by atoms with E-state index in [0.29, 0.717) is 12.4 Å². The number of benzene rings is 1. The van der Waals surface area contributed by atoms with E-state index >= 15 is 0 Å². The Labute approximate surface area is 208 Å². The maximum absolute atomic E-state index is 12.9. The van der Waals surface area contributed by atoms with Crippen LogP contribution in [0, 0.1) is 13.8 Å². The molecule has 1 rings (SSSR count). The van der Waals surface area contributed by atoms with E-state index in [-0.39, 0.29) is 10.5 Å². The normalized spacial score (nSPS) is 13.9. The van der Waals surface area contributed by atoms with Crippen molar-refractivity contribution in [2.24, 2.45) is 0 Å². The maximum Gasteiger partial charge on any atom is 0.408 e. The molecule has 0 heterocycles. The average molecular weight is 494 g/mol. The summed E-state index contributed by atoms with van der Waals surface area (Å²) in [5, 5.41) is 2.71. The molecule has 1 N–H and O–H groups in total. The zero-order valence-corrected chi connectivity index (χ0v) is 24.7. The Morgan fingerprint density at radius 1 is 1.00 bits per heavy atom. The molecule has 0 fully saturated rings. The van der Waals surface area contributed by atoms with Gasteiger partial charge in [-0.25, -0.2) is 9.59 Å². The van der Waals surface area contributed by atoms with Gasteiger partial charge in [0.2, 0.25) is 0 Å². The topological polar surface area (TPSA) is 73.9 Å². The summed E-state index contributed by atoms with van der Waals surface area (Å²) in [4.78, 5) is 24.9. The summed E-state index contributed by atoms with van der Waals surface area (Å²) < 4.78 is 17.5. The van der Waals surface area contributed by atoms with Gasteiger partial charge >= 0.3 is 12.1 Å². The Bertz CT molecular complexity index is 878.